The van der Waals surface area contributed by atoms with Crippen LogP contribution in [0.3, 0.4) is 0 Å². The molecule has 0 N–H and O–H groups in total. The van der Waals surface area contributed by atoms with Gasteiger partial charge in [-0.15, -0.1) is 0 Å². The summed E-state index contributed by atoms with van der Waals surface area (Å²) in [5.74, 6) is 0.705. The van der Waals surface area contributed by atoms with Crippen molar-refractivity contribution >= 4 is 21.5 Å². The van der Waals surface area contributed by atoms with Crippen molar-refractivity contribution in [3.63, 3.8) is 0 Å². The lowest BCUT2D eigenvalue weighted by molar-refractivity contribution is 0.666. The minimum Gasteiger partial charge on any atom is -0.228 e. The van der Waals surface area contributed by atoms with Crippen LogP contribution in [0.25, 0.3) is 100.0 Å². The van der Waals surface area contributed by atoms with Crippen molar-refractivity contribution in [2.75, 3.05) is 0 Å². The maximum atomic E-state index is 5.25. The Bertz CT molecular complexity index is 3220. The number of hydrogen-bond acceptors (Lipinski definition) is 2. The molecule has 0 saturated heterocycles. The van der Waals surface area contributed by atoms with Gasteiger partial charge in [-0.25, -0.2) is 9.97 Å². The van der Waals surface area contributed by atoms with E-state index in [0.29, 0.717) is 5.82 Å². The number of rotatable bonds is 6. The first-order chi connectivity index (χ1) is 29.0. The van der Waals surface area contributed by atoms with Gasteiger partial charge in [0.05, 0.1) is 11.4 Å². The van der Waals surface area contributed by atoms with Crippen LogP contribution in [0.4, 0.5) is 0 Å². The van der Waals surface area contributed by atoms with Gasteiger partial charge in [0.25, 0.3) is 0 Å². The van der Waals surface area contributed by atoms with Crippen molar-refractivity contribution in [1.29, 1.82) is 0 Å². The van der Waals surface area contributed by atoms with Gasteiger partial charge < -0.3 is 0 Å². The van der Waals surface area contributed by atoms with Crippen molar-refractivity contribution in [1.82, 2.24) is 9.97 Å². The van der Waals surface area contributed by atoms with Gasteiger partial charge in [-0.2, -0.15) is 0 Å². The quantitative estimate of drug-likeness (QED) is 0.169. The van der Waals surface area contributed by atoms with Crippen molar-refractivity contribution in [3.05, 3.63) is 217 Å². The Kier molecular flexibility index (Phi) is 8.20. The van der Waals surface area contributed by atoms with Crippen LogP contribution >= 0.6 is 0 Å². The van der Waals surface area contributed by atoms with Gasteiger partial charge >= 0.3 is 0 Å². The predicted molar refractivity (Wildman–Crippen MR) is 247 cm³/mol. The average Bonchev–Trinajstić information content (AvgIpc) is 3.54. The van der Waals surface area contributed by atoms with Crippen LogP contribution in [0.5, 0.6) is 0 Å². The summed E-state index contributed by atoms with van der Waals surface area (Å²) in [5.41, 5.74) is 17.5. The topological polar surface area (TPSA) is 25.8 Å². The molecule has 0 fully saturated rings. The molecule has 2 heteroatoms. The number of nitrogens with zero attached hydrogens (tertiary/aromatic N) is 2. The van der Waals surface area contributed by atoms with Crippen LogP contribution in [-0.2, 0) is 5.41 Å². The normalized spacial score (nSPS) is 12.7. The molecule has 0 aliphatic heterocycles. The van der Waals surface area contributed by atoms with Crippen LogP contribution in [0, 0.1) is 0 Å². The van der Waals surface area contributed by atoms with Gasteiger partial charge in [0.2, 0.25) is 0 Å². The molecule has 0 spiro atoms. The zero-order valence-electron chi connectivity index (χ0n) is 33.0. The maximum Gasteiger partial charge on any atom is 0.160 e. The third kappa shape index (κ3) is 5.87. The van der Waals surface area contributed by atoms with E-state index in [9.17, 15) is 0 Å². The Morgan fingerprint density at radius 1 is 0.322 bits per heavy atom. The SMILES string of the molecule is CC1(C)c2cc(-c3ccc(-c4ccc(-c5cc(-c6ccccc6-c6ccccc6)nc(-c6ccccc6)n5)c5ccccc45)cc3)ccc2-c2ccc3ccccc3c21. The minimum absolute atomic E-state index is 0.0975. The van der Waals surface area contributed by atoms with Crippen molar-refractivity contribution in [3.8, 4) is 78.4 Å². The molecule has 1 aromatic heterocycles. The molecule has 11 rings (SSSR count). The van der Waals surface area contributed by atoms with Crippen molar-refractivity contribution < 1.29 is 0 Å². The van der Waals surface area contributed by atoms with E-state index in [1.165, 1.54) is 60.7 Å². The molecule has 1 aliphatic carbocycles. The first-order valence-corrected chi connectivity index (χ1v) is 20.4. The highest BCUT2D eigenvalue weighted by Gasteiger charge is 2.37. The standard InChI is InChI=1S/C57H40N2/c1-57(2)52-35-42(30-31-48(52)51-32-29-39-17-9-10-21-45(39)55(51)57)37-25-27-40(28-26-37)44-33-34-50(47-23-13-12-22-46(44)47)54-36-53(58-56(59-54)41-18-7-4-8-19-41)49-24-14-11-20-43(49)38-15-5-3-6-16-38/h3-36H,1-2H3. The summed E-state index contributed by atoms with van der Waals surface area (Å²) in [6, 6.07) is 74.2. The second-order valence-electron chi connectivity index (χ2n) is 16.1. The highest BCUT2D eigenvalue weighted by molar-refractivity contribution is 6.05. The monoisotopic (exact) mass is 752 g/mol. The average molecular weight is 753 g/mol. The van der Waals surface area contributed by atoms with Crippen LogP contribution < -0.4 is 0 Å². The first kappa shape index (κ1) is 34.8. The molecule has 59 heavy (non-hydrogen) atoms. The lowest BCUT2D eigenvalue weighted by Crippen LogP contribution is -2.15. The fourth-order valence-corrected chi connectivity index (χ4v) is 9.41. The van der Waals surface area contributed by atoms with Gasteiger partial charge in [0, 0.05) is 22.1 Å². The summed E-state index contributed by atoms with van der Waals surface area (Å²) in [6.07, 6.45) is 0. The molecule has 0 amide bonds. The molecular formula is C57H40N2. The minimum atomic E-state index is -0.0975. The van der Waals surface area contributed by atoms with Gasteiger partial charge in [-0.1, -0.05) is 208 Å². The lowest BCUT2D eigenvalue weighted by Gasteiger charge is -2.23. The fraction of sp³-hybridized carbons (Fsp3) is 0.0526. The van der Waals surface area contributed by atoms with E-state index in [1.807, 2.05) is 18.2 Å². The van der Waals surface area contributed by atoms with Gasteiger partial charge in [0.15, 0.2) is 5.82 Å². The number of fused-ring (bicyclic) bond motifs is 6. The van der Waals surface area contributed by atoms with Crippen LogP contribution in [-0.4, -0.2) is 9.97 Å². The first-order valence-electron chi connectivity index (χ1n) is 20.4. The van der Waals surface area contributed by atoms with E-state index < -0.39 is 0 Å². The molecule has 0 atom stereocenters. The summed E-state index contributed by atoms with van der Waals surface area (Å²) in [7, 11) is 0. The van der Waals surface area contributed by atoms with Gasteiger partial charge in [0.1, 0.15) is 0 Å². The summed E-state index contributed by atoms with van der Waals surface area (Å²) < 4.78 is 0. The predicted octanol–water partition coefficient (Wildman–Crippen LogP) is 15.1. The molecule has 278 valence electrons. The Labute approximate surface area is 345 Å². The van der Waals surface area contributed by atoms with E-state index >= 15 is 0 Å². The molecule has 0 saturated carbocycles. The number of hydrogen-bond donors (Lipinski definition) is 0. The second-order valence-corrected chi connectivity index (χ2v) is 16.1. The van der Waals surface area contributed by atoms with Gasteiger partial charge in [-0.3, -0.25) is 0 Å². The Hall–Kier alpha value is -7.42. The lowest BCUT2D eigenvalue weighted by atomic mass is 9.79. The Morgan fingerprint density at radius 2 is 0.831 bits per heavy atom. The van der Waals surface area contributed by atoms with Crippen LogP contribution in [0.1, 0.15) is 25.0 Å². The summed E-state index contributed by atoms with van der Waals surface area (Å²) in [5, 5.41) is 4.99. The van der Waals surface area contributed by atoms with E-state index in [2.05, 4.69) is 202 Å². The molecule has 0 bridgehead atoms. The molecule has 0 unspecified atom stereocenters. The summed E-state index contributed by atoms with van der Waals surface area (Å²) >= 11 is 0. The summed E-state index contributed by atoms with van der Waals surface area (Å²) in [4.78, 5) is 10.5. The second kappa shape index (κ2) is 13.9. The van der Waals surface area contributed by atoms with E-state index in [1.54, 1.807) is 0 Å². The van der Waals surface area contributed by atoms with Crippen molar-refractivity contribution in [2.45, 2.75) is 19.3 Å². The van der Waals surface area contributed by atoms with Crippen LogP contribution in [0.15, 0.2) is 206 Å². The third-order valence-electron chi connectivity index (χ3n) is 12.3. The van der Waals surface area contributed by atoms with Crippen molar-refractivity contribution in [2.24, 2.45) is 0 Å². The smallest absolute Gasteiger partial charge is 0.160 e. The molecule has 1 heterocycles. The Morgan fingerprint density at radius 3 is 1.58 bits per heavy atom. The number of aromatic nitrogens is 2. The molecule has 9 aromatic carbocycles. The van der Waals surface area contributed by atoms with E-state index in [0.717, 1.165) is 44.6 Å². The zero-order valence-corrected chi connectivity index (χ0v) is 33.0. The third-order valence-corrected chi connectivity index (χ3v) is 12.3. The molecule has 0 radical (unpaired) electrons. The highest BCUT2D eigenvalue weighted by atomic mass is 14.9. The summed E-state index contributed by atoms with van der Waals surface area (Å²) in [6.45, 7) is 4.75. The Balaban J connectivity index is 0.983. The van der Waals surface area contributed by atoms with Crippen LogP contribution in [0.2, 0.25) is 0 Å². The van der Waals surface area contributed by atoms with E-state index in [4.69, 9.17) is 9.97 Å². The molecular weight excluding hydrogens is 713 g/mol. The zero-order chi connectivity index (χ0) is 39.5. The maximum absolute atomic E-state index is 5.25. The largest absolute Gasteiger partial charge is 0.228 e. The fourth-order valence-electron chi connectivity index (χ4n) is 9.41. The molecule has 2 nitrogen and oxygen atoms in total. The number of benzene rings is 9. The van der Waals surface area contributed by atoms with Gasteiger partial charge in [-0.05, 0) is 89.3 Å². The highest BCUT2D eigenvalue weighted by Crippen LogP contribution is 2.52. The van der Waals surface area contributed by atoms with E-state index in [-0.39, 0.29) is 5.41 Å². The molecule has 1 aliphatic rings. The molecule has 10 aromatic rings.